The maximum Gasteiger partial charge on any atom is 0.166 e. The minimum absolute atomic E-state index is 0.0385. The fourth-order valence-electron chi connectivity index (χ4n) is 1.73. The Bertz CT molecular complexity index is 615. The van der Waals surface area contributed by atoms with Gasteiger partial charge in [0, 0.05) is 24.9 Å². The molecule has 146 valence electrons. The fraction of sp³-hybridized carbons (Fsp3) is 0.400. The van der Waals surface area contributed by atoms with Crippen LogP contribution in [0.4, 0.5) is 17.6 Å². The lowest BCUT2D eigenvalue weighted by atomic mass is 10.0. The predicted octanol–water partition coefficient (Wildman–Crippen LogP) is 6.37. The van der Waals surface area contributed by atoms with Gasteiger partial charge in [0.25, 0.3) is 0 Å². The Morgan fingerprint density at radius 1 is 0.692 bits per heavy atom. The molecule has 0 atom stereocenters. The largest absolute Gasteiger partial charge is 0.384 e. The maximum atomic E-state index is 14.2. The van der Waals surface area contributed by atoms with Crippen molar-refractivity contribution in [2.24, 2.45) is 0 Å². The molecule has 0 fully saturated rings. The third-order valence-corrected chi connectivity index (χ3v) is 3.41. The van der Waals surface area contributed by atoms with E-state index in [4.69, 9.17) is 9.47 Å². The molecule has 0 spiro atoms. The maximum absolute atomic E-state index is 14.2. The van der Waals surface area contributed by atoms with Gasteiger partial charge >= 0.3 is 0 Å². The summed E-state index contributed by atoms with van der Waals surface area (Å²) in [6, 6.07) is 0. The average Bonchev–Trinajstić information content (AvgIpc) is 2.65. The van der Waals surface area contributed by atoms with Crippen molar-refractivity contribution in [1.29, 1.82) is 0 Å². The summed E-state index contributed by atoms with van der Waals surface area (Å²) in [6.45, 7) is 16.0. The van der Waals surface area contributed by atoms with Crippen molar-refractivity contribution in [2.45, 2.75) is 26.2 Å². The van der Waals surface area contributed by atoms with Crippen molar-refractivity contribution in [3.8, 4) is 0 Å². The van der Waals surface area contributed by atoms with E-state index in [1.807, 2.05) is 6.92 Å². The molecule has 0 radical (unpaired) electrons. The fourth-order valence-corrected chi connectivity index (χ4v) is 1.73. The van der Waals surface area contributed by atoms with Gasteiger partial charge in [-0.2, -0.15) is 0 Å². The summed E-state index contributed by atoms with van der Waals surface area (Å²) >= 11 is 0. The molecule has 0 rings (SSSR count). The minimum atomic E-state index is -1.45. The zero-order valence-corrected chi connectivity index (χ0v) is 15.4. The lowest BCUT2D eigenvalue weighted by Crippen LogP contribution is -2.00. The van der Waals surface area contributed by atoms with Gasteiger partial charge in [-0.25, -0.2) is 17.6 Å². The monoisotopic (exact) mass is 374 g/mol. The van der Waals surface area contributed by atoms with Gasteiger partial charge < -0.3 is 9.47 Å². The number of halogens is 4. The molecule has 0 heterocycles. The van der Waals surface area contributed by atoms with Gasteiger partial charge in [-0.15, -0.1) is 0 Å². The van der Waals surface area contributed by atoms with E-state index in [1.54, 1.807) is 0 Å². The minimum Gasteiger partial charge on any atom is -0.384 e. The molecule has 0 unspecified atom stereocenters. The van der Waals surface area contributed by atoms with E-state index in [0.29, 0.717) is 6.61 Å². The summed E-state index contributed by atoms with van der Waals surface area (Å²) in [5.74, 6) is -5.48. The smallest absolute Gasteiger partial charge is 0.166 e. The van der Waals surface area contributed by atoms with Gasteiger partial charge in [0.05, 0.1) is 13.2 Å². The van der Waals surface area contributed by atoms with E-state index in [1.165, 1.54) is 7.11 Å². The number of hydrogen-bond donors (Lipinski definition) is 0. The van der Waals surface area contributed by atoms with E-state index in [2.05, 4.69) is 26.3 Å². The number of ether oxygens (including phenoxy) is 2. The Balaban J connectivity index is 5.15. The van der Waals surface area contributed by atoms with Crippen LogP contribution in [0.5, 0.6) is 0 Å². The van der Waals surface area contributed by atoms with E-state index in [0.717, 1.165) is 6.42 Å². The van der Waals surface area contributed by atoms with Crippen LogP contribution in [0.25, 0.3) is 0 Å². The molecular formula is C20H26F4O2. The highest BCUT2D eigenvalue weighted by Gasteiger charge is 2.21. The molecular weight excluding hydrogens is 348 g/mol. The van der Waals surface area contributed by atoms with Crippen molar-refractivity contribution in [2.75, 3.05) is 26.9 Å². The van der Waals surface area contributed by atoms with Crippen molar-refractivity contribution in [3.63, 3.8) is 0 Å². The van der Waals surface area contributed by atoms with Crippen molar-refractivity contribution in [3.05, 3.63) is 71.9 Å². The lowest BCUT2D eigenvalue weighted by molar-refractivity contribution is 0.137. The van der Waals surface area contributed by atoms with Crippen LogP contribution < -0.4 is 0 Å². The Labute approximate surface area is 152 Å². The van der Waals surface area contributed by atoms with Crippen LogP contribution in [0, 0.1) is 0 Å². The molecule has 0 aliphatic carbocycles. The van der Waals surface area contributed by atoms with Gasteiger partial charge in [-0.05, 0) is 30.4 Å². The molecule has 0 saturated carbocycles. The third-order valence-electron chi connectivity index (χ3n) is 3.41. The molecule has 0 aromatic rings. The zero-order valence-electron chi connectivity index (χ0n) is 15.4. The molecule has 2 nitrogen and oxygen atoms in total. The first-order valence-corrected chi connectivity index (χ1v) is 8.11. The number of allylic oxidation sites excluding steroid dienone is 6. The van der Waals surface area contributed by atoms with Crippen LogP contribution >= 0.6 is 0 Å². The highest BCUT2D eigenvalue weighted by Crippen LogP contribution is 2.33. The lowest BCUT2D eigenvalue weighted by Gasteiger charge is -2.11. The van der Waals surface area contributed by atoms with Crippen molar-refractivity contribution < 1.29 is 27.0 Å². The summed E-state index contributed by atoms with van der Waals surface area (Å²) in [6.07, 6.45) is 0.888. The molecule has 0 saturated heterocycles. The van der Waals surface area contributed by atoms with Gasteiger partial charge in [0.15, 0.2) is 23.3 Å². The summed E-state index contributed by atoms with van der Waals surface area (Å²) < 4.78 is 66.3. The highest BCUT2D eigenvalue weighted by molar-refractivity contribution is 5.53. The van der Waals surface area contributed by atoms with Gasteiger partial charge in [-0.1, -0.05) is 33.2 Å². The van der Waals surface area contributed by atoms with Gasteiger partial charge in [0.1, 0.15) is 0 Å². The second-order valence-corrected chi connectivity index (χ2v) is 5.53. The number of hydrogen-bond acceptors (Lipinski definition) is 2. The molecule has 0 aromatic carbocycles. The standard InChI is InChI=1S/C20H26F4O2/c1-7-10-26-12-9-14(3)18(22)20(24)16(5)15(4)19(23)17(21)13(2)8-11-25-6/h2-5,7-12H2,1,6H3/b19-17-,20-18-. The average molecular weight is 374 g/mol. The molecule has 0 bridgehead atoms. The highest BCUT2D eigenvalue weighted by atomic mass is 19.2. The quantitative estimate of drug-likeness (QED) is 0.212. The zero-order chi connectivity index (χ0) is 20.3. The SMILES string of the molecule is C=C(CCOC)/C(F)=C(/F)C(=C)C(=C)/C(F)=C(/F)C(=C)CCOCCC. The van der Waals surface area contributed by atoms with Crippen molar-refractivity contribution in [1.82, 2.24) is 0 Å². The predicted molar refractivity (Wildman–Crippen MR) is 97.3 cm³/mol. The molecule has 0 aromatic heterocycles. The third kappa shape index (κ3) is 7.54. The van der Waals surface area contributed by atoms with E-state index in [9.17, 15) is 17.6 Å². The molecule has 26 heavy (non-hydrogen) atoms. The molecule has 0 aliphatic rings. The Kier molecular flexibility index (Phi) is 11.5. The molecule has 6 heteroatoms. The van der Waals surface area contributed by atoms with E-state index in [-0.39, 0.29) is 37.2 Å². The Hall–Kier alpha value is -1.92. The summed E-state index contributed by atoms with van der Waals surface area (Å²) in [5, 5.41) is 0. The molecule has 0 aliphatic heterocycles. The number of rotatable bonds is 13. The first kappa shape index (κ1) is 24.1. The van der Waals surface area contributed by atoms with Crippen LogP contribution in [0.1, 0.15) is 26.2 Å². The summed E-state index contributed by atoms with van der Waals surface area (Å²) in [5.41, 5.74) is -1.75. The van der Waals surface area contributed by atoms with Crippen LogP contribution in [-0.4, -0.2) is 26.9 Å². The number of methoxy groups -OCH3 is 1. The van der Waals surface area contributed by atoms with Crippen LogP contribution in [0.3, 0.4) is 0 Å². The molecule has 0 amide bonds. The first-order valence-electron chi connectivity index (χ1n) is 8.11. The first-order chi connectivity index (χ1) is 12.2. The molecule has 0 N–H and O–H groups in total. The van der Waals surface area contributed by atoms with E-state index < -0.39 is 34.5 Å². The second kappa shape index (κ2) is 12.4. The summed E-state index contributed by atoms with van der Waals surface area (Å²) in [7, 11) is 1.40. The van der Waals surface area contributed by atoms with Gasteiger partial charge in [-0.3, -0.25) is 0 Å². The van der Waals surface area contributed by atoms with Gasteiger partial charge in [0.2, 0.25) is 0 Å². The van der Waals surface area contributed by atoms with Crippen molar-refractivity contribution >= 4 is 0 Å². The van der Waals surface area contributed by atoms with Crippen LogP contribution in [-0.2, 0) is 9.47 Å². The normalized spacial score (nSPS) is 13.0. The van der Waals surface area contributed by atoms with Crippen LogP contribution in [0.2, 0.25) is 0 Å². The van der Waals surface area contributed by atoms with E-state index >= 15 is 0 Å². The Morgan fingerprint density at radius 2 is 1.12 bits per heavy atom. The topological polar surface area (TPSA) is 18.5 Å². The second-order valence-electron chi connectivity index (χ2n) is 5.53. The summed E-state index contributed by atoms with van der Waals surface area (Å²) in [4.78, 5) is 0. The van der Waals surface area contributed by atoms with Crippen LogP contribution in [0.15, 0.2) is 71.9 Å². The Morgan fingerprint density at radius 3 is 1.50 bits per heavy atom.